The van der Waals surface area contributed by atoms with Gasteiger partial charge in [-0.05, 0) is 44.0 Å². The topological polar surface area (TPSA) is 69.6 Å². The van der Waals surface area contributed by atoms with Crippen molar-refractivity contribution >= 4 is 5.91 Å². The van der Waals surface area contributed by atoms with Gasteiger partial charge in [-0.2, -0.15) is 0 Å². The average Bonchev–Trinajstić information content (AvgIpc) is 2.30. The van der Waals surface area contributed by atoms with E-state index in [2.05, 4.69) is 5.32 Å². The van der Waals surface area contributed by atoms with Crippen LogP contribution < -0.4 is 5.32 Å². The van der Waals surface area contributed by atoms with Crippen LogP contribution in [0.2, 0.25) is 0 Å². The first-order valence-corrected chi connectivity index (χ1v) is 6.16. The number of aliphatic hydroxyl groups is 1. The lowest BCUT2D eigenvalue weighted by atomic mass is 10.0. The van der Waals surface area contributed by atoms with Crippen LogP contribution in [0.4, 0.5) is 0 Å². The summed E-state index contributed by atoms with van der Waals surface area (Å²) in [6, 6.07) is 4.68. The SMILES string of the molecule is CCCC(C)(O)CNC(=O)c1ccc(O)c(C)c1. The first kappa shape index (κ1) is 14.5. The molecule has 4 nitrogen and oxygen atoms in total. The molecule has 18 heavy (non-hydrogen) atoms. The minimum atomic E-state index is -0.879. The largest absolute Gasteiger partial charge is 0.508 e. The second-order valence-corrected chi connectivity index (χ2v) is 4.93. The monoisotopic (exact) mass is 251 g/mol. The number of aromatic hydroxyl groups is 1. The standard InChI is InChI=1S/C14H21NO3/c1-4-7-14(3,18)9-15-13(17)11-5-6-12(16)10(2)8-11/h5-6,8,16,18H,4,7,9H2,1-3H3,(H,15,17). The molecule has 0 aromatic heterocycles. The second-order valence-electron chi connectivity index (χ2n) is 4.93. The van der Waals surface area contributed by atoms with E-state index in [1.54, 1.807) is 26.0 Å². The lowest BCUT2D eigenvalue weighted by Gasteiger charge is -2.22. The molecule has 1 unspecified atom stereocenters. The number of hydrogen-bond acceptors (Lipinski definition) is 3. The fourth-order valence-electron chi connectivity index (χ4n) is 1.80. The number of nitrogens with one attached hydrogen (secondary N) is 1. The number of benzene rings is 1. The molecule has 0 bridgehead atoms. The summed E-state index contributed by atoms with van der Waals surface area (Å²) < 4.78 is 0. The summed E-state index contributed by atoms with van der Waals surface area (Å²) in [5.41, 5.74) is 0.261. The Labute approximate surface area is 108 Å². The maximum atomic E-state index is 11.9. The Morgan fingerprint density at radius 3 is 2.67 bits per heavy atom. The van der Waals surface area contributed by atoms with E-state index in [4.69, 9.17) is 0 Å². The molecule has 0 aliphatic heterocycles. The number of carbonyl (C=O) groups is 1. The molecule has 0 spiro atoms. The third-order valence-electron chi connectivity index (χ3n) is 2.88. The van der Waals surface area contributed by atoms with Gasteiger partial charge in [-0.25, -0.2) is 0 Å². The highest BCUT2D eigenvalue weighted by molar-refractivity contribution is 5.94. The highest BCUT2D eigenvalue weighted by atomic mass is 16.3. The van der Waals surface area contributed by atoms with Gasteiger partial charge < -0.3 is 15.5 Å². The first-order chi connectivity index (χ1) is 8.35. The third-order valence-corrected chi connectivity index (χ3v) is 2.88. The molecule has 0 saturated carbocycles. The first-order valence-electron chi connectivity index (χ1n) is 6.16. The Balaban J connectivity index is 2.63. The van der Waals surface area contributed by atoms with E-state index in [1.165, 1.54) is 6.07 Å². The number of carbonyl (C=O) groups excluding carboxylic acids is 1. The Hall–Kier alpha value is -1.55. The van der Waals surface area contributed by atoms with Crippen LogP contribution >= 0.6 is 0 Å². The van der Waals surface area contributed by atoms with Gasteiger partial charge in [0, 0.05) is 12.1 Å². The van der Waals surface area contributed by atoms with Crippen LogP contribution in [0.15, 0.2) is 18.2 Å². The Bertz CT molecular complexity index is 427. The van der Waals surface area contributed by atoms with Crippen LogP contribution in [-0.2, 0) is 0 Å². The molecule has 1 rings (SSSR count). The molecule has 1 atom stereocenters. The summed E-state index contributed by atoms with van der Waals surface area (Å²) in [6.07, 6.45) is 1.50. The number of aryl methyl sites for hydroxylation is 1. The smallest absolute Gasteiger partial charge is 0.251 e. The fourth-order valence-corrected chi connectivity index (χ4v) is 1.80. The fraction of sp³-hybridized carbons (Fsp3) is 0.500. The Morgan fingerprint density at radius 1 is 1.44 bits per heavy atom. The van der Waals surface area contributed by atoms with E-state index in [1.807, 2.05) is 6.92 Å². The van der Waals surface area contributed by atoms with Crippen molar-refractivity contribution in [3.63, 3.8) is 0 Å². The summed E-state index contributed by atoms with van der Waals surface area (Å²) in [6.45, 7) is 5.65. The van der Waals surface area contributed by atoms with Crippen molar-refractivity contribution in [1.29, 1.82) is 0 Å². The normalized spacial score (nSPS) is 14.0. The summed E-state index contributed by atoms with van der Waals surface area (Å²) >= 11 is 0. The van der Waals surface area contributed by atoms with Gasteiger partial charge in [0.1, 0.15) is 5.75 Å². The molecule has 100 valence electrons. The Kier molecular flexibility index (Phi) is 4.73. The molecule has 0 saturated heterocycles. The number of amides is 1. The number of hydrogen-bond donors (Lipinski definition) is 3. The molecule has 0 aliphatic carbocycles. The van der Waals surface area contributed by atoms with Crippen molar-refractivity contribution in [2.24, 2.45) is 0 Å². The summed E-state index contributed by atoms with van der Waals surface area (Å²) in [5, 5.41) is 22.0. The predicted octanol–water partition coefficient (Wildman–Crippen LogP) is 1.98. The zero-order chi connectivity index (χ0) is 13.8. The molecule has 1 aromatic carbocycles. The predicted molar refractivity (Wildman–Crippen MR) is 70.7 cm³/mol. The van der Waals surface area contributed by atoms with E-state index in [0.717, 1.165) is 6.42 Å². The van der Waals surface area contributed by atoms with E-state index < -0.39 is 5.60 Å². The molecular weight excluding hydrogens is 230 g/mol. The quantitative estimate of drug-likeness (QED) is 0.749. The van der Waals surface area contributed by atoms with Crippen LogP contribution in [-0.4, -0.2) is 28.3 Å². The lowest BCUT2D eigenvalue weighted by molar-refractivity contribution is 0.0469. The molecule has 1 aromatic rings. The van der Waals surface area contributed by atoms with Crippen LogP contribution in [0.1, 0.15) is 42.6 Å². The van der Waals surface area contributed by atoms with Gasteiger partial charge in [0.25, 0.3) is 5.91 Å². The van der Waals surface area contributed by atoms with Gasteiger partial charge in [0.15, 0.2) is 0 Å². The van der Waals surface area contributed by atoms with Crippen molar-refractivity contribution in [2.75, 3.05) is 6.54 Å². The highest BCUT2D eigenvalue weighted by Crippen LogP contribution is 2.17. The van der Waals surface area contributed by atoms with E-state index in [0.29, 0.717) is 17.5 Å². The molecule has 0 fully saturated rings. The van der Waals surface area contributed by atoms with Crippen molar-refractivity contribution in [2.45, 2.75) is 39.2 Å². The van der Waals surface area contributed by atoms with E-state index in [-0.39, 0.29) is 18.2 Å². The molecular formula is C14H21NO3. The zero-order valence-electron chi connectivity index (χ0n) is 11.2. The molecule has 1 amide bonds. The minimum absolute atomic E-state index is 0.171. The van der Waals surface area contributed by atoms with Crippen LogP contribution in [0.5, 0.6) is 5.75 Å². The van der Waals surface area contributed by atoms with Gasteiger partial charge in [-0.15, -0.1) is 0 Å². The average molecular weight is 251 g/mol. The zero-order valence-corrected chi connectivity index (χ0v) is 11.2. The lowest BCUT2D eigenvalue weighted by Crippen LogP contribution is -2.40. The molecule has 4 heteroatoms. The van der Waals surface area contributed by atoms with Crippen molar-refractivity contribution in [3.05, 3.63) is 29.3 Å². The summed E-state index contributed by atoms with van der Waals surface area (Å²) in [4.78, 5) is 11.9. The van der Waals surface area contributed by atoms with Gasteiger partial charge in [0.2, 0.25) is 0 Å². The van der Waals surface area contributed by atoms with Crippen molar-refractivity contribution < 1.29 is 15.0 Å². The van der Waals surface area contributed by atoms with Crippen molar-refractivity contribution in [3.8, 4) is 5.75 Å². The number of phenolic OH excluding ortho intramolecular Hbond substituents is 1. The summed E-state index contributed by atoms with van der Waals surface area (Å²) in [7, 11) is 0. The number of phenols is 1. The number of rotatable bonds is 5. The third kappa shape index (κ3) is 4.04. The maximum absolute atomic E-state index is 11.9. The van der Waals surface area contributed by atoms with Crippen molar-refractivity contribution in [1.82, 2.24) is 5.32 Å². The maximum Gasteiger partial charge on any atom is 0.251 e. The highest BCUT2D eigenvalue weighted by Gasteiger charge is 2.20. The summed E-state index contributed by atoms with van der Waals surface area (Å²) in [5.74, 6) is -0.0704. The van der Waals surface area contributed by atoms with Gasteiger partial charge >= 0.3 is 0 Å². The molecule has 0 radical (unpaired) electrons. The van der Waals surface area contributed by atoms with Gasteiger partial charge in [0.05, 0.1) is 5.60 Å². The second kappa shape index (κ2) is 5.87. The molecule has 3 N–H and O–H groups in total. The van der Waals surface area contributed by atoms with Crippen LogP contribution in [0.25, 0.3) is 0 Å². The van der Waals surface area contributed by atoms with E-state index in [9.17, 15) is 15.0 Å². The van der Waals surface area contributed by atoms with E-state index >= 15 is 0 Å². The van der Waals surface area contributed by atoms with Crippen LogP contribution in [0, 0.1) is 6.92 Å². The Morgan fingerprint density at radius 2 is 2.11 bits per heavy atom. The van der Waals surface area contributed by atoms with Gasteiger partial charge in [-0.3, -0.25) is 4.79 Å². The minimum Gasteiger partial charge on any atom is -0.508 e. The van der Waals surface area contributed by atoms with Gasteiger partial charge in [-0.1, -0.05) is 13.3 Å². The molecule has 0 heterocycles. The van der Waals surface area contributed by atoms with Crippen LogP contribution in [0.3, 0.4) is 0 Å². The molecule has 0 aliphatic rings.